The molecule has 2 heterocycles. The Balaban J connectivity index is 1.77. The molecule has 1 aliphatic rings. The van der Waals surface area contributed by atoms with E-state index in [1.807, 2.05) is 36.4 Å². The van der Waals surface area contributed by atoms with Crippen LogP contribution in [-0.2, 0) is 19.3 Å². The van der Waals surface area contributed by atoms with Gasteiger partial charge in [0.15, 0.2) is 0 Å². The first kappa shape index (κ1) is 19.5. The number of benzene rings is 2. The molecule has 0 unspecified atom stereocenters. The van der Waals surface area contributed by atoms with Crippen molar-refractivity contribution in [2.75, 3.05) is 0 Å². The first-order valence-corrected chi connectivity index (χ1v) is 10.9. The standard InChI is InChI=1S/C25H27N5O/c1-4-18-16-12-13-25(2,3)14-20(16)30(29-18)19-11-10-17(23(26)31)21-22(19)28-24(27-21)15-8-6-5-7-9-15/h5-11H,4,12-14H2,1-3H3,(H2,26,31)(H,27,28). The fraction of sp³-hybridized carbons (Fsp3) is 0.320. The molecule has 4 aromatic rings. The number of nitrogens with one attached hydrogen (secondary N) is 1. The van der Waals surface area contributed by atoms with E-state index < -0.39 is 5.91 Å². The van der Waals surface area contributed by atoms with Crippen molar-refractivity contribution in [3.63, 3.8) is 0 Å². The highest BCUT2D eigenvalue weighted by Crippen LogP contribution is 2.38. The number of aryl methyl sites for hydroxylation is 1. The smallest absolute Gasteiger partial charge is 0.250 e. The van der Waals surface area contributed by atoms with E-state index in [2.05, 4.69) is 30.4 Å². The summed E-state index contributed by atoms with van der Waals surface area (Å²) in [6.07, 6.45) is 4.07. The normalized spacial score (nSPS) is 15.2. The Labute approximate surface area is 181 Å². The van der Waals surface area contributed by atoms with Gasteiger partial charge in [-0.15, -0.1) is 0 Å². The van der Waals surface area contributed by atoms with E-state index in [4.69, 9.17) is 15.8 Å². The maximum Gasteiger partial charge on any atom is 0.250 e. The Bertz CT molecular complexity index is 1300. The predicted octanol–water partition coefficient (Wildman–Crippen LogP) is 4.59. The number of H-pyrrole nitrogens is 1. The lowest BCUT2D eigenvalue weighted by atomic mass is 9.76. The van der Waals surface area contributed by atoms with E-state index in [-0.39, 0.29) is 5.41 Å². The number of nitrogens with two attached hydrogens (primary N) is 1. The Morgan fingerprint density at radius 2 is 1.97 bits per heavy atom. The van der Waals surface area contributed by atoms with Crippen molar-refractivity contribution < 1.29 is 4.79 Å². The summed E-state index contributed by atoms with van der Waals surface area (Å²) in [5, 5.41) is 5.00. The number of carbonyl (C=O) groups excluding carboxylic acids is 1. The van der Waals surface area contributed by atoms with Gasteiger partial charge in [0.05, 0.1) is 22.5 Å². The van der Waals surface area contributed by atoms with E-state index in [0.717, 1.165) is 42.6 Å². The number of hydrogen-bond acceptors (Lipinski definition) is 3. The number of imidazole rings is 1. The van der Waals surface area contributed by atoms with Crippen LogP contribution in [-0.4, -0.2) is 25.7 Å². The molecular weight excluding hydrogens is 386 g/mol. The molecule has 6 heteroatoms. The van der Waals surface area contributed by atoms with Crippen LogP contribution in [0.3, 0.4) is 0 Å². The molecule has 1 amide bonds. The summed E-state index contributed by atoms with van der Waals surface area (Å²) >= 11 is 0. The molecule has 0 saturated carbocycles. The van der Waals surface area contributed by atoms with Crippen molar-refractivity contribution in [3.8, 4) is 17.1 Å². The predicted molar refractivity (Wildman–Crippen MR) is 122 cm³/mol. The van der Waals surface area contributed by atoms with Gasteiger partial charge in [0.1, 0.15) is 11.3 Å². The van der Waals surface area contributed by atoms with Crippen molar-refractivity contribution in [2.45, 2.75) is 46.5 Å². The van der Waals surface area contributed by atoms with Gasteiger partial charge in [-0.2, -0.15) is 5.10 Å². The summed E-state index contributed by atoms with van der Waals surface area (Å²) < 4.78 is 2.05. The molecular formula is C25H27N5O. The molecule has 0 aliphatic heterocycles. The molecule has 31 heavy (non-hydrogen) atoms. The molecule has 0 saturated heterocycles. The number of amides is 1. The van der Waals surface area contributed by atoms with Gasteiger partial charge < -0.3 is 10.7 Å². The minimum atomic E-state index is -0.474. The first-order chi connectivity index (χ1) is 14.9. The van der Waals surface area contributed by atoms with Gasteiger partial charge in [-0.05, 0) is 48.8 Å². The number of fused-ring (bicyclic) bond motifs is 2. The lowest BCUT2D eigenvalue weighted by molar-refractivity contribution is 0.100. The van der Waals surface area contributed by atoms with E-state index in [1.165, 1.54) is 11.3 Å². The maximum absolute atomic E-state index is 12.1. The molecule has 3 N–H and O–H groups in total. The molecule has 0 atom stereocenters. The second-order valence-corrected chi connectivity index (χ2v) is 9.15. The number of primary amides is 1. The second kappa shape index (κ2) is 7.08. The van der Waals surface area contributed by atoms with Crippen LogP contribution in [0, 0.1) is 5.41 Å². The molecule has 6 nitrogen and oxygen atoms in total. The fourth-order valence-corrected chi connectivity index (χ4v) is 4.68. The molecule has 2 aromatic heterocycles. The van der Waals surface area contributed by atoms with Crippen molar-refractivity contribution in [1.29, 1.82) is 0 Å². The molecule has 0 bridgehead atoms. The summed E-state index contributed by atoms with van der Waals surface area (Å²) in [5.41, 5.74) is 13.3. The van der Waals surface area contributed by atoms with Crippen molar-refractivity contribution >= 4 is 16.9 Å². The van der Waals surface area contributed by atoms with E-state index in [0.29, 0.717) is 22.4 Å². The highest BCUT2D eigenvalue weighted by atomic mass is 16.1. The Morgan fingerprint density at radius 1 is 1.19 bits per heavy atom. The summed E-state index contributed by atoms with van der Waals surface area (Å²) in [6, 6.07) is 13.6. The van der Waals surface area contributed by atoms with Crippen molar-refractivity contribution in [3.05, 3.63) is 65.0 Å². The van der Waals surface area contributed by atoms with Gasteiger partial charge in [-0.3, -0.25) is 4.79 Å². The summed E-state index contributed by atoms with van der Waals surface area (Å²) in [5.74, 6) is 0.236. The van der Waals surface area contributed by atoms with Crippen LogP contribution in [0.1, 0.15) is 54.5 Å². The number of carbonyl (C=O) groups is 1. The van der Waals surface area contributed by atoms with Crippen LogP contribution in [0.15, 0.2) is 42.5 Å². The summed E-state index contributed by atoms with van der Waals surface area (Å²) in [4.78, 5) is 20.4. The minimum absolute atomic E-state index is 0.225. The van der Waals surface area contributed by atoms with Crippen LogP contribution in [0.5, 0.6) is 0 Å². The molecule has 1 aliphatic carbocycles. The van der Waals surface area contributed by atoms with Crippen LogP contribution >= 0.6 is 0 Å². The van der Waals surface area contributed by atoms with Crippen LogP contribution in [0.4, 0.5) is 0 Å². The van der Waals surface area contributed by atoms with Gasteiger partial charge in [0.25, 0.3) is 5.91 Å². The number of aromatic amines is 1. The average Bonchev–Trinajstić information content (AvgIpc) is 3.34. The van der Waals surface area contributed by atoms with Gasteiger partial charge in [0, 0.05) is 11.3 Å². The maximum atomic E-state index is 12.1. The Morgan fingerprint density at radius 3 is 2.68 bits per heavy atom. The first-order valence-electron chi connectivity index (χ1n) is 10.9. The number of rotatable bonds is 4. The number of aromatic nitrogens is 4. The highest BCUT2D eigenvalue weighted by molar-refractivity contribution is 6.06. The second-order valence-electron chi connectivity index (χ2n) is 9.15. The summed E-state index contributed by atoms with van der Waals surface area (Å²) in [6.45, 7) is 6.78. The van der Waals surface area contributed by atoms with Gasteiger partial charge in [-0.1, -0.05) is 51.1 Å². The topological polar surface area (TPSA) is 89.6 Å². The Kier molecular flexibility index (Phi) is 4.46. The van der Waals surface area contributed by atoms with Gasteiger partial charge in [0.2, 0.25) is 0 Å². The molecule has 0 fully saturated rings. The minimum Gasteiger partial charge on any atom is -0.366 e. The monoisotopic (exact) mass is 413 g/mol. The Hall–Kier alpha value is -3.41. The van der Waals surface area contributed by atoms with Crippen LogP contribution < -0.4 is 5.73 Å². The van der Waals surface area contributed by atoms with Gasteiger partial charge in [-0.25, -0.2) is 9.67 Å². The van der Waals surface area contributed by atoms with Crippen LogP contribution in [0.2, 0.25) is 0 Å². The molecule has 0 spiro atoms. The zero-order chi connectivity index (χ0) is 21.8. The van der Waals surface area contributed by atoms with Crippen LogP contribution in [0.25, 0.3) is 28.1 Å². The van der Waals surface area contributed by atoms with E-state index in [1.54, 1.807) is 6.07 Å². The highest BCUT2D eigenvalue weighted by Gasteiger charge is 2.31. The SMILES string of the molecule is CCc1nn(-c2ccc(C(N)=O)c3[nH]c(-c4ccccc4)nc23)c2c1CCC(C)(C)C2. The zero-order valence-electron chi connectivity index (χ0n) is 18.2. The van der Waals surface area contributed by atoms with Crippen molar-refractivity contribution in [1.82, 2.24) is 19.7 Å². The zero-order valence-corrected chi connectivity index (χ0v) is 18.2. The van der Waals surface area contributed by atoms with E-state index in [9.17, 15) is 4.79 Å². The molecule has 5 rings (SSSR count). The quantitative estimate of drug-likeness (QED) is 0.513. The number of nitrogens with zero attached hydrogens (tertiary/aromatic N) is 3. The third-order valence-electron chi connectivity index (χ3n) is 6.37. The lowest BCUT2D eigenvalue weighted by Gasteiger charge is -2.30. The van der Waals surface area contributed by atoms with E-state index >= 15 is 0 Å². The number of hydrogen-bond donors (Lipinski definition) is 2. The largest absolute Gasteiger partial charge is 0.366 e. The molecule has 158 valence electrons. The third kappa shape index (κ3) is 3.23. The van der Waals surface area contributed by atoms with Crippen molar-refractivity contribution in [2.24, 2.45) is 11.1 Å². The fourth-order valence-electron chi connectivity index (χ4n) is 4.68. The average molecular weight is 414 g/mol. The summed E-state index contributed by atoms with van der Waals surface area (Å²) in [7, 11) is 0. The molecule has 2 aromatic carbocycles. The lowest BCUT2D eigenvalue weighted by Crippen LogP contribution is -2.24. The third-order valence-corrected chi connectivity index (χ3v) is 6.37. The molecule has 0 radical (unpaired) electrons. The van der Waals surface area contributed by atoms with Gasteiger partial charge >= 0.3 is 0 Å².